The standard InChI is InChI=1S/C20H17F2N5O3/c21-13-6-11(7-14(22)16(13)28)18(29)27-9-12-2-1-3-20(12,10-27)19-25-17(26-30-19)15-8-23-4-5-24-15/h4-8,12,28H,1-3,9-10H2/t12-,20-/m1/s1. The number of nitrogens with zero attached hydrogens (tertiary/aromatic N) is 5. The highest BCUT2D eigenvalue weighted by Gasteiger charge is 2.55. The van der Waals surface area contributed by atoms with Crippen LogP contribution in [-0.4, -0.2) is 49.1 Å². The topological polar surface area (TPSA) is 105 Å². The third-order valence-electron chi connectivity index (χ3n) is 6.07. The number of likely N-dealkylation sites (tertiary alicyclic amines) is 1. The molecule has 1 aliphatic carbocycles. The van der Waals surface area contributed by atoms with Crippen LogP contribution in [0.4, 0.5) is 8.78 Å². The Morgan fingerprint density at radius 1 is 1.27 bits per heavy atom. The minimum atomic E-state index is -1.17. The summed E-state index contributed by atoms with van der Waals surface area (Å²) in [6, 6.07) is 1.70. The molecule has 1 amide bonds. The second-order valence-electron chi connectivity index (χ2n) is 7.73. The summed E-state index contributed by atoms with van der Waals surface area (Å²) in [4.78, 5) is 27.2. The van der Waals surface area contributed by atoms with Gasteiger partial charge in [0.2, 0.25) is 11.7 Å². The van der Waals surface area contributed by atoms with Gasteiger partial charge in [-0.2, -0.15) is 4.98 Å². The van der Waals surface area contributed by atoms with Crippen LogP contribution in [-0.2, 0) is 5.41 Å². The molecule has 0 spiro atoms. The predicted molar refractivity (Wildman–Crippen MR) is 98.3 cm³/mol. The maximum absolute atomic E-state index is 13.7. The first-order chi connectivity index (χ1) is 14.5. The first-order valence-electron chi connectivity index (χ1n) is 9.56. The maximum atomic E-state index is 13.7. The van der Waals surface area contributed by atoms with Gasteiger partial charge in [-0.1, -0.05) is 11.6 Å². The number of aromatic hydroxyl groups is 1. The summed E-state index contributed by atoms with van der Waals surface area (Å²) in [5.74, 6) is -3.08. The van der Waals surface area contributed by atoms with E-state index in [0.29, 0.717) is 30.5 Å². The maximum Gasteiger partial charge on any atom is 0.254 e. The third kappa shape index (κ3) is 2.82. The fourth-order valence-corrected chi connectivity index (χ4v) is 4.61. The quantitative estimate of drug-likeness (QED) is 0.704. The minimum Gasteiger partial charge on any atom is -0.503 e. The van der Waals surface area contributed by atoms with E-state index in [4.69, 9.17) is 4.52 Å². The number of rotatable bonds is 3. The molecule has 10 heteroatoms. The van der Waals surface area contributed by atoms with E-state index in [1.165, 1.54) is 12.4 Å². The van der Waals surface area contributed by atoms with Crippen LogP contribution in [0.5, 0.6) is 5.75 Å². The molecule has 1 saturated carbocycles. The largest absolute Gasteiger partial charge is 0.503 e. The number of carbonyl (C=O) groups excluding carboxylic acids is 1. The van der Waals surface area contributed by atoms with Crippen molar-refractivity contribution in [3.8, 4) is 17.3 Å². The molecule has 0 unspecified atom stereocenters. The Hall–Kier alpha value is -3.43. The fraction of sp³-hybridized carbons (Fsp3) is 0.350. The smallest absolute Gasteiger partial charge is 0.254 e. The van der Waals surface area contributed by atoms with Crippen LogP contribution >= 0.6 is 0 Å². The molecule has 2 aliphatic rings. The van der Waals surface area contributed by atoms with Gasteiger partial charge in [0.25, 0.3) is 5.91 Å². The highest BCUT2D eigenvalue weighted by Crippen LogP contribution is 2.50. The lowest BCUT2D eigenvalue weighted by Gasteiger charge is -2.24. The Morgan fingerprint density at radius 3 is 2.80 bits per heavy atom. The molecule has 2 fully saturated rings. The van der Waals surface area contributed by atoms with Gasteiger partial charge in [0, 0.05) is 31.0 Å². The minimum absolute atomic E-state index is 0.100. The molecule has 1 aromatic carbocycles. The average molecular weight is 413 g/mol. The first-order valence-corrected chi connectivity index (χ1v) is 9.56. The molecule has 8 nitrogen and oxygen atoms in total. The number of benzene rings is 1. The van der Waals surface area contributed by atoms with Crippen LogP contribution < -0.4 is 0 Å². The average Bonchev–Trinajstić information content (AvgIpc) is 3.46. The van der Waals surface area contributed by atoms with E-state index >= 15 is 0 Å². The van der Waals surface area contributed by atoms with E-state index in [0.717, 1.165) is 31.4 Å². The van der Waals surface area contributed by atoms with E-state index in [-0.39, 0.29) is 11.5 Å². The highest BCUT2D eigenvalue weighted by atomic mass is 19.1. The van der Waals surface area contributed by atoms with Gasteiger partial charge in [-0.15, -0.1) is 0 Å². The highest BCUT2D eigenvalue weighted by molar-refractivity contribution is 5.94. The molecule has 0 bridgehead atoms. The second kappa shape index (κ2) is 6.82. The van der Waals surface area contributed by atoms with Crippen molar-refractivity contribution in [3.05, 3.63) is 53.8 Å². The van der Waals surface area contributed by atoms with Gasteiger partial charge >= 0.3 is 0 Å². The predicted octanol–water partition coefficient (Wildman–Crippen LogP) is 2.70. The summed E-state index contributed by atoms with van der Waals surface area (Å²) in [5.41, 5.74) is -0.167. The van der Waals surface area contributed by atoms with Crippen LogP contribution in [0.25, 0.3) is 11.5 Å². The molecule has 0 radical (unpaired) electrons. The van der Waals surface area contributed by atoms with E-state index in [2.05, 4.69) is 20.1 Å². The van der Waals surface area contributed by atoms with Crippen molar-refractivity contribution in [2.75, 3.05) is 13.1 Å². The van der Waals surface area contributed by atoms with Crippen LogP contribution in [0.1, 0.15) is 35.5 Å². The van der Waals surface area contributed by atoms with Crippen molar-refractivity contribution in [2.45, 2.75) is 24.7 Å². The van der Waals surface area contributed by atoms with Gasteiger partial charge in [-0.25, -0.2) is 13.8 Å². The zero-order chi connectivity index (χ0) is 20.9. The Morgan fingerprint density at radius 2 is 2.07 bits per heavy atom. The van der Waals surface area contributed by atoms with Crippen molar-refractivity contribution in [3.63, 3.8) is 0 Å². The Bertz CT molecular complexity index is 1100. The Balaban J connectivity index is 1.44. The molecule has 1 saturated heterocycles. The summed E-state index contributed by atoms with van der Waals surface area (Å²) >= 11 is 0. The van der Waals surface area contributed by atoms with Crippen molar-refractivity contribution in [2.24, 2.45) is 5.92 Å². The molecular weight excluding hydrogens is 396 g/mol. The lowest BCUT2D eigenvalue weighted by Crippen LogP contribution is -2.35. The van der Waals surface area contributed by atoms with Crippen LogP contribution in [0, 0.1) is 17.6 Å². The Kier molecular flexibility index (Phi) is 4.23. The van der Waals surface area contributed by atoms with Gasteiger partial charge < -0.3 is 14.5 Å². The number of hydrogen-bond acceptors (Lipinski definition) is 7. The van der Waals surface area contributed by atoms with Crippen molar-refractivity contribution in [1.82, 2.24) is 25.0 Å². The molecule has 3 aromatic rings. The van der Waals surface area contributed by atoms with Crippen LogP contribution in [0.15, 0.2) is 35.2 Å². The summed E-state index contributed by atoms with van der Waals surface area (Å²) in [6.07, 6.45) is 7.22. The lowest BCUT2D eigenvalue weighted by molar-refractivity contribution is 0.0774. The zero-order valence-electron chi connectivity index (χ0n) is 15.8. The van der Waals surface area contributed by atoms with Crippen molar-refractivity contribution in [1.29, 1.82) is 0 Å². The van der Waals surface area contributed by atoms with Gasteiger partial charge in [0.1, 0.15) is 5.69 Å². The van der Waals surface area contributed by atoms with Crippen molar-refractivity contribution >= 4 is 5.91 Å². The summed E-state index contributed by atoms with van der Waals surface area (Å²) in [5, 5.41) is 13.3. The van der Waals surface area contributed by atoms with E-state index in [1.54, 1.807) is 11.1 Å². The van der Waals surface area contributed by atoms with Crippen molar-refractivity contribution < 1.29 is 23.2 Å². The SMILES string of the molecule is O=C(c1cc(F)c(O)c(F)c1)N1C[C@H]2CCC[C@@]2(c2nc(-c3cnccn3)no2)C1. The Labute approximate surface area is 169 Å². The zero-order valence-corrected chi connectivity index (χ0v) is 15.8. The molecule has 154 valence electrons. The van der Waals surface area contributed by atoms with Gasteiger partial charge in [-0.3, -0.25) is 9.78 Å². The normalized spacial score (nSPS) is 23.0. The monoisotopic (exact) mass is 413 g/mol. The number of hydrogen-bond donors (Lipinski definition) is 1. The number of halogens is 2. The number of phenolic OH excluding ortho intramolecular Hbond substituents is 1. The number of phenols is 1. The van der Waals surface area contributed by atoms with Gasteiger partial charge in [-0.05, 0) is 30.9 Å². The summed E-state index contributed by atoms with van der Waals surface area (Å²) in [6.45, 7) is 0.731. The van der Waals surface area contributed by atoms with Gasteiger partial charge in [0.15, 0.2) is 17.4 Å². The molecule has 1 N–H and O–H groups in total. The molecule has 2 aromatic heterocycles. The third-order valence-corrected chi connectivity index (χ3v) is 6.07. The molecule has 30 heavy (non-hydrogen) atoms. The molecular formula is C20H17F2N5O3. The number of amides is 1. The van der Waals surface area contributed by atoms with Gasteiger partial charge in [0.05, 0.1) is 11.6 Å². The molecule has 3 heterocycles. The fourth-order valence-electron chi connectivity index (χ4n) is 4.61. The second-order valence-corrected chi connectivity index (χ2v) is 7.73. The number of fused-ring (bicyclic) bond motifs is 1. The van der Waals surface area contributed by atoms with E-state index in [9.17, 15) is 18.7 Å². The molecule has 1 aliphatic heterocycles. The van der Waals surface area contributed by atoms with E-state index < -0.39 is 28.7 Å². The van der Waals surface area contributed by atoms with E-state index in [1.807, 2.05) is 0 Å². The summed E-state index contributed by atoms with van der Waals surface area (Å²) in [7, 11) is 0. The lowest BCUT2D eigenvalue weighted by atomic mass is 9.80. The summed E-state index contributed by atoms with van der Waals surface area (Å²) < 4.78 is 33.0. The van der Waals surface area contributed by atoms with Crippen LogP contribution in [0.3, 0.4) is 0 Å². The number of aromatic nitrogens is 4. The first kappa shape index (κ1) is 18.6. The molecule has 5 rings (SSSR count). The number of carbonyl (C=O) groups is 1. The molecule has 2 atom stereocenters. The van der Waals surface area contributed by atoms with Crippen LogP contribution in [0.2, 0.25) is 0 Å².